The van der Waals surface area contributed by atoms with Crippen LogP contribution in [0.2, 0.25) is 0 Å². The van der Waals surface area contributed by atoms with E-state index in [1.807, 2.05) is 48.2 Å². The van der Waals surface area contributed by atoms with Crippen molar-refractivity contribution in [2.75, 3.05) is 51.3 Å². The van der Waals surface area contributed by atoms with Gasteiger partial charge >= 0.3 is 6.03 Å². The Morgan fingerprint density at radius 1 is 1.12 bits per heavy atom. The minimum atomic E-state index is -0.124. The first-order chi connectivity index (χ1) is 16.6. The summed E-state index contributed by atoms with van der Waals surface area (Å²) in [4.78, 5) is 31.3. The van der Waals surface area contributed by atoms with Gasteiger partial charge in [-0.05, 0) is 49.9 Å². The minimum Gasteiger partial charge on any atom is -0.497 e. The second kappa shape index (κ2) is 11.2. The number of amides is 3. The second-order valence-corrected chi connectivity index (χ2v) is 8.82. The lowest BCUT2D eigenvalue weighted by molar-refractivity contribution is -0.131. The van der Waals surface area contributed by atoms with Crippen molar-refractivity contribution in [3.63, 3.8) is 0 Å². The summed E-state index contributed by atoms with van der Waals surface area (Å²) >= 11 is 0. The number of methoxy groups -OCH3 is 1. The first kappa shape index (κ1) is 23.8. The molecule has 1 aliphatic heterocycles. The monoisotopic (exact) mass is 466 g/mol. The van der Waals surface area contributed by atoms with Crippen LogP contribution in [0, 0.1) is 0 Å². The van der Waals surface area contributed by atoms with Gasteiger partial charge in [0, 0.05) is 44.3 Å². The Balaban J connectivity index is 1.34. The van der Waals surface area contributed by atoms with Crippen molar-refractivity contribution in [3.8, 4) is 17.0 Å². The number of nitrogens with zero attached hydrogens (tertiary/aromatic N) is 5. The van der Waals surface area contributed by atoms with Crippen molar-refractivity contribution in [2.24, 2.45) is 0 Å². The molecule has 9 nitrogen and oxygen atoms in total. The van der Waals surface area contributed by atoms with E-state index in [1.54, 1.807) is 12.0 Å². The van der Waals surface area contributed by atoms with E-state index in [4.69, 9.17) is 4.74 Å². The molecule has 4 rings (SSSR count). The fourth-order valence-corrected chi connectivity index (χ4v) is 4.16. The van der Waals surface area contributed by atoms with Crippen molar-refractivity contribution in [2.45, 2.75) is 38.6 Å². The number of urea groups is 1. The number of carbonyl (C=O) groups excluding carboxylic acids is 2. The average molecular weight is 467 g/mol. The van der Waals surface area contributed by atoms with Crippen LogP contribution in [0.15, 0.2) is 36.4 Å². The molecule has 0 atom stereocenters. The Hall–Kier alpha value is -3.36. The molecule has 1 saturated carbocycles. The van der Waals surface area contributed by atoms with Gasteiger partial charge in [0.15, 0.2) is 5.82 Å². The molecule has 9 heteroatoms. The number of hydrogen-bond acceptors (Lipinski definition) is 6. The first-order valence-electron chi connectivity index (χ1n) is 12.1. The maximum atomic E-state index is 13.0. The van der Waals surface area contributed by atoms with E-state index in [2.05, 4.69) is 20.4 Å². The zero-order valence-electron chi connectivity index (χ0n) is 20.1. The summed E-state index contributed by atoms with van der Waals surface area (Å²) < 4.78 is 5.30. The summed E-state index contributed by atoms with van der Waals surface area (Å²) in [5, 5.41) is 11.8. The average Bonchev–Trinajstić information content (AvgIpc) is 3.73. The van der Waals surface area contributed by atoms with Gasteiger partial charge in [0.1, 0.15) is 12.3 Å². The summed E-state index contributed by atoms with van der Waals surface area (Å²) in [6.45, 7) is 5.58. The molecule has 34 heavy (non-hydrogen) atoms. The number of nitrogens with one attached hydrogen (secondary N) is 1. The molecule has 0 bridgehead atoms. The predicted octanol–water partition coefficient (Wildman–Crippen LogP) is 2.77. The summed E-state index contributed by atoms with van der Waals surface area (Å²) in [5.74, 6) is 1.60. The number of aromatic nitrogens is 2. The standard InChI is InChI=1S/C25H34N6O3/c1-3-12-26-25(33)31(20-8-9-20)18-24(32)30-14-5-13-29(15-16-30)23-11-10-22(27-28-23)19-6-4-7-21(17-19)34-2/h4,6-7,10-11,17,20H,3,5,8-9,12-16,18H2,1-2H3,(H,26,33). The van der Waals surface area contributed by atoms with Gasteiger partial charge in [-0.15, -0.1) is 10.2 Å². The molecule has 182 valence electrons. The van der Waals surface area contributed by atoms with Gasteiger partial charge < -0.3 is 24.8 Å². The fraction of sp³-hybridized carbons (Fsp3) is 0.520. The quantitative estimate of drug-likeness (QED) is 0.643. The molecule has 2 aliphatic rings. The van der Waals surface area contributed by atoms with E-state index in [9.17, 15) is 9.59 Å². The lowest BCUT2D eigenvalue weighted by Gasteiger charge is -2.27. The van der Waals surface area contributed by atoms with Crippen LogP contribution in [0.1, 0.15) is 32.6 Å². The lowest BCUT2D eigenvalue weighted by atomic mass is 10.1. The van der Waals surface area contributed by atoms with Crippen LogP contribution < -0.4 is 15.0 Å². The molecular formula is C25H34N6O3. The third-order valence-electron chi connectivity index (χ3n) is 6.27. The van der Waals surface area contributed by atoms with Crippen molar-refractivity contribution in [3.05, 3.63) is 36.4 Å². The van der Waals surface area contributed by atoms with Crippen molar-refractivity contribution < 1.29 is 14.3 Å². The minimum absolute atomic E-state index is 0.0138. The molecule has 1 aromatic carbocycles. The van der Waals surface area contributed by atoms with E-state index < -0.39 is 0 Å². The van der Waals surface area contributed by atoms with Crippen LogP contribution in [-0.4, -0.2) is 84.4 Å². The first-order valence-corrected chi connectivity index (χ1v) is 12.1. The highest BCUT2D eigenvalue weighted by Crippen LogP contribution is 2.27. The fourth-order valence-electron chi connectivity index (χ4n) is 4.16. The number of anilines is 1. The van der Waals surface area contributed by atoms with E-state index in [1.165, 1.54) is 0 Å². The molecule has 0 radical (unpaired) electrons. The Morgan fingerprint density at radius 3 is 2.68 bits per heavy atom. The predicted molar refractivity (Wildman–Crippen MR) is 131 cm³/mol. The molecule has 1 aromatic heterocycles. The van der Waals surface area contributed by atoms with E-state index >= 15 is 0 Å². The van der Waals surface area contributed by atoms with Crippen LogP contribution in [0.3, 0.4) is 0 Å². The number of ether oxygens (including phenoxy) is 1. The maximum absolute atomic E-state index is 13.0. The molecule has 1 aliphatic carbocycles. The van der Waals surface area contributed by atoms with Crippen LogP contribution in [0.5, 0.6) is 5.75 Å². The van der Waals surface area contributed by atoms with E-state index in [-0.39, 0.29) is 24.5 Å². The molecule has 2 aromatic rings. The van der Waals surface area contributed by atoms with Gasteiger partial charge in [-0.1, -0.05) is 19.1 Å². The Bertz CT molecular complexity index is 979. The molecule has 2 fully saturated rings. The van der Waals surface area contributed by atoms with Gasteiger partial charge in [0.2, 0.25) is 5.91 Å². The molecule has 0 unspecified atom stereocenters. The zero-order chi connectivity index (χ0) is 23.9. The SMILES string of the molecule is CCCNC(=O)N(CC(=O)N1CCCN(c2ccc(-c3cccc(OC)c3)nn2)CC1)C1CC1. The smallest absolute Gasteiger partial charge is 0.318 e. The molecular weight excluding hydrogens is 432 g/mol. The van der Waals surface area contributed by atoms with E-state index in [0.717, 1.165) is 55.1 Å². The lowest BCUT2D eigenvalue weighted by Crippen LogP contribution is -2.48. The summed E-state index contributed by atoms with van der Waals surface area (Å²) in [7, 11) is 1.64. The van der Waals surface area contributed by atoms with Crippen LogP contribution in [0.4, 0.5) is 10.6 Å². The number of carbonyl (C=O) groups is 2. The Labute approximate surface area is 201 Å². The van der Waals surface area contributed by atoms with Crippen LogP contribution >= 0.6 is 0 Å². The molecule has 1 saturated heterocycles. The van der Waals surface area contributed by atoms with Crippen molar-refractivity contribution >= 4 is 17.8 Å². The second-order valence-electron chi connectivity index (χ2n) is 8.82. The maximum Gasteiger partial charge on any atom is 0.318 e. The Kier molecular flexibility index (Phi) is 7.82. The third kappa shape index (κ3) is 5.95. The van der Waals surface area contributed by atoms with E-state index in [0.29, 0.717) is 26.2 Å². The van der Waals surface area contributed by atoms with Crippen LogP contribution in [-0.2, 0) is 4.79 Å². The molecule has 1 N–H and O–H groups in total. The number of benzene rings is 1. The Morgan fingerprint density at radius 2 is 1.97 bits per heavy atom. The highest BCUT2D eigenvalue weighted by molar-refractivity contribution is 5.84. The zero-order valence-corrected chi connectivity index (χ0v) is 20.1. The highest BCUT2D eigenvalue weighted by atomic mass is 16.5. The van der Waals surface area contributed by atoms with Gasteiger partial charge in [-0.25, -0.2) is 4.79 Å². The summed E-state index contributed by atoms with van der Waals surface area (Å²) in [5.41, 5.74) is 1.74. The highest BCUT2D eigenvalue weighted by Gasteiger charge is 2.35. The molecule has 2 heterocycles. The summed E-state index contributed by atoms with van der Waals surface area (Å²) in [6.07, 6.45) is 3.68. The topological polar surface area (TPSA) is 90.9 Å². The normalized spacial score (nSPS) is 16.1. The number of hydrogen-bond donors (Lipinski definition) is 1. The third-order valence-corrected chi connectivity index (χ3v) is 6.27. The largest absolute Gasteiger partial charge is 0.497 e. The van der Waals surface area contributed by atoms with Crippen LogP contribution in [0.25, 0.3) is 11.3 Å². The van der Waals surface area contributed by atoms with Crippen molar-refractivity contribution in [1.29, 1.82) is 0 Å². The molecule has 0 spiro atoms. The summed E-state index contributed by atoms with van der Waals surface area (Å²) in [6, 6.07) is 11.8. The van der Waals surface area contributed by atoms with Crippen molar-refractivity contribution in [1.82, 2.24) is 25.3 Å². The van der Waals surface area contributed by atoms with Gasteiger partial charge in [0.05, 0.1) is 12.8 Å². The molecule has 3 amide bonds. The number of rotatable bonds is 8. The van der Waals surface area contributed by atoms with Gasteiger partial charge in [-0.3, -0.25) is 4.79 Å². The van der Waals surface area contributed by atoms with Gasteiger partial charge in [-0.2, -0.15) is 0 Å². The van der Waals surface area contributed by atoms with Gasteiger partial charge in [0.25, 0.3) is 0 Å².